The number of aromatic nitrogens is 1. The zero-order valence-electron chi connectivity index (χ0n) is 12.2. The molecular formula is C18H17ClN2. The lowest BCUT2D eigenvalue weighted by atomic mass is 10.1. The van der Waals surface area contributed by atoms with Gasteiger partial charge in [0.1, 0.15) is 0 Å². The van der Waals surface area contributed by atoms with Gasteiger partial charge in [-0.3, -0.25) is 4.98 Å². The monoisotopic (exact) mass is 296 g/mol. The van der Waals surface area contributed by atoms with Crippen LogP contribution in [0.3, 0.4) is 0 Å². The minimum atomic E-state index is 0.721. The maximum absolute atomic E-state index is 6.19. The van der Waals surface area contributed by atoms with Gasteiger partial charge in [-0.15, -0.1) is 0 Å². The summed E-state index contributed by atoms with van der Waals surface area (Å²) in [5.41, 5.74) is 5.74. The van der Waals surface area contributed by atoms with Crippen LogP contribution in [0.2, 0.25) is 5.02 Å². The Labute approximate surface area is 129 Å². The van der Waals surface area contributed by atoms with Gasteiger partial charge in [0.15, 0.2) is 0 Å². The van der Waals surface area contributed by atoms with Crippen LogP contribution in [0.25, 0.3) is 10.9 Å². The van der Waals surface area contributed by atoms with Crippen LogP contribution in [0, 0.1) is 13.8 Å². The van der Waals surface area contributed by atoms with Crippen molar-refractivity contribution >= 4 is 28.2 Å². The number of benzene rings is 2. The van der Waals surface area contributed by atoms with Crippen molar-refractivity contribution in [3.8, 4) is 0 Å². The smallest absolute Gasteiger partial charge is 0.0934 e. The third-order valence-corrected chi connectivity index (χ3v) is 3.65. The van der Waals surface area contributed by atoms with Crippen LogP contribution in [0.5, 0.6) is 0 Å². The lowest BCUT2D eigenvalue weighted by Crippen LogP contribution is -2.01. The molecule has 0 aliphatic heterocycles. The SMILES string of the molecule is Cc1cc(C)cc(CNc2cc(Cl)cc3cccnc23)c1. The predicted molar refractivity (Wildman–Crippen MR) is 90.0 cm³/mol. The zero-order chi connectivity index (χ0) is 14.8. The largest absolute Gasteiger partial charge is 0.379 e. The summed E-state index contributed by atoms with van der Waals surface area (Å²) in [6, 6.07) is 14.4. The van der Waals surface area contributed by atoms with E-state index in [4.69, 9.17) is 11.6 Å². The van der Waals surface area contributed by atoms with Crippen molar-refractivity contribution in [2.75, 3.05) is 5.32 Å². The molecular weight excluding hydrogens is 280 g/mol. The molecule has 0 fully saturated rings. The molecule has 106 valence electrons. The molecule has 0 bridgehead atoms. The summed E-state index contributed by atoms with van der Waals surface area (Å²) in [4.78, 5) is 4.45. The van der Waals surface area contributed by atoms with Crippen LogP contribution in [0.4, 0.5) is 5.69 Å². The Morgan fingerprint density at radius 3 is 2.57 bits per heavy atom. The van der Waals surface area contributed by atoms with Crippen molar-refractivity contribution in [2.45, 2.75) is 20.4 Å². The van der Waals surface area contributed by atoms with Gasteiger partial charge in [-0.2, -0.15) is 0 Å². The molecule has 0 radical (unpaired) electrons. The Morgan fingerprint density at radius 1 is 1.05 bits per heavy atom. The van der Waals surface area contributed by atoms with E-state index in [-0.39, 0.29) is 0 Å². The molecule has 2 aromatic carbocycles. The summed E-state index contributed by atoms with van der Waals surface area (Å²) in [5.74, 6) is 0. The maximum Gasteiger partial charge on any atom is 0.0934 e. The fourth-order valence-corrected chi connectivity index (χ4v) is 2.89. The highest BCUT2D eigenvalue weighted by atomic mass is 35.5. The summed E-state index contributed by atoms with van der Waals surface area (Å²) < 4.78 is 0. The highest BCUT2D eigenvalue weighted by Crippen LogP contribution is 2.26. The van der Waals surface area contributed by atoms with Crippen LogP contribution in [0.1, 0.15) is 16.7 Å². The van der Waals surface area contributed by atoms with Gasteiger partial charge in [-0.05, 0) is 37.6 Å². The minimum Gasteiger partial charge on any atom is -0.379 e. The number of nitrogens with one attached hydrogen (secondary N) is 1. The summed E-state index contributed by atoms with van der Waals surface area (Å²) >= 11 is 6.19. The molecule has 0 amide bonds. The summed E-state index contributed by atoms with van der Waals surface area (Å²) in [6.07, 6.45) is 1.80. The summed E-state index contributed by atoms with van der Waals surface area (Å²) in [5, 5.41) is 5.22. The van der Waals surface area contributed by atoms with Crippen LogP contribution < -0.4 is 5.32 Å². The third-order valence-electron chi connectivity index (χ3n) is 3.43. The van der Waals surface area contributed by atoms with E-state index in [1.54, 1.807) is 6.20 Å². The number of hydrogen-bond donors (Lipinski definition) is 1. The summed E-state index contributed by atoms with van der Waals surface area (Å²) in [7, 11) is 0. The fraction of sp³-hybridized carbons (Fsp3) is 0.167. The first-order valence-electron chi connectivity index (χ1n) is 6.97. The van der Waals surface area contributed by atoms with Crippen LogP contribution in [-0.4, -0.2) is 4.98 Å². The van der Waals surface area contributed by atoms with E-state index >= 15 is 0 Å². The van der Waals surface area contributed by atoms with E-state index in [9.17, 15) is 0 Å². The molecule has 0 aliphatic carbocycles. The first-order valence-corrected chi connectivity index (χ1v) is 7.35. The Hall–Kier alpha value is -2.06. The van der Waals surface area contributed by atoms with Gasteiger partial charge >= 0.3 is 0 Å². The maximum atomic E-state index is 6.19. The molecule has 0 atom stereocenters. The average molecular weight is 297 g/mol. The quantitative estimate of drug-likeness (QED) is 0.726. The van der Waals surface area contributed by atoms with Crippen molar-refractivity contribution in [1.82, 2.24) is 4.98 Å². The van der Waals surface area contributed by atoms with Gasteiger partial charge in [0.25, 0.3) is 0 Å². The molecule has 1 heterocycles. The Balaban J connectivity index is 1.91. The van der Waals surface area contributed by atoms with E-state index < -0.39 is 0 Å². The van der Waals surface area contributed by atoms with Crippen molar-refractivity contribution in [2.24, 2.45) is 0 Å². The standard InChI is InChI=1S/C18H17ClN2/c1-12-6-13(2)8-14(7-12)11-21-17-10-16(19)9-15-4-3-5-20-18(15)17/h3-10,21H,11H2,1-2H3. The number of anilines is 1. The number of halogens is 1. The first-order chi connectivity index (χ1) is 10.1. The summed E-state index contributed by atoms with van der Waals surface area (Å²) in [6.45, 7) is 4.99. The van der Waals surface area contributed by atoms with Gasteiger partial charge < -0.3 is 5.32 Å². The number of aryl methyl sites for hydroxylation is 2. The number of pyridine rings is 1. The Bertz CT molecular complexity index is 776. The molecule has 3 rings (SSSR count). The lowest BCUT2D eigenvalue weighted by molar-refractivity contribution is 1.13. The van der Waals surface area contributed by atoms with Crippen LogP contribution in [0.15, 0.2) is 48.7 Å². The lowest BCUT2D eigenvalue weighted by Gasteiger charge is -2.11. The van der Waals surface area contributed by atoms with E-state index in [2.05, 4.69) is 42.3 Å². The molecule has 3 aromatic rings. The van der Waals surface area contributed by atoms with Crippen molar-refractivity contribution < 1.29 is 0 Å². The van der Waals surface area contributed by atoms with Gasteiger partial charge in [-0.1, -0.05) is 47.0 Å². The van der Waals surface area contributed by atoms with Gasteiger partial charge in [0, 0.05) is 23.2 Å². The molecule has 1 N–H and O–H groups in total. The molecule has 1 aromatic heterocycles. The molecule has 0 unspecified atom stereocenters. The van der Waals surface area contributed by atoms with Crippen molar-refractivity contribution in [1.29, 1.82) is 0 Å². The van der Waals surface area contributed by atoms with Gasteiger partial charge in [-0.25, -0.2) is 0 Å². The molecule has 21 heavy (non-hydrogen) atoms. The van der Waals surface area contributed by atoms with Gasteiger partial charge in [0.05, 0.1) is 11.2 Å². The molecule has 0 saturated carbocycles. The van der Waals surface area contributed by atoms with Crippen LogP contribution in [-0.2, 0) is 6.54 Å². The van der Waals surface area contributed by atoms with E-state index in [0.717, 1.165) is 28.2 Å². The third kappa shape index (κ3) is 3.17. The molecule has 2 nitrogen and oxygen atoms in total. The van der Waals surface area contributed by atoms with E-state index in [0.29, 0.717) is 0 Å². The minimum absolute atomic E-state index is 0.721. The van der Waals surface area contributed by atoms with Crippen LogP contribution >= 0.6 is 11.6 Å². The number of rotatable bonds is 3. The molecule has 0 aliphatic rings. The number of fused-ring (bicyclic) bond motifs is 1. The number of nitrogens with zero attached hydrogens (tertiary/aromatic N) is 1. The van der Waals surface area contributed by atoms with Crippen molar-refractivity contribution in [3.05, 3.63) is 70.4 Å². The molecule has 0 saturated heterocycles. The normalized spacial score (nSPS) is 10.8. The predicted octanol–water partition coefficient (Wildman–Crippen LogP) is 5.12. The molecule has 0 spiro atoms. The second-order valence-electron chi connectivity index (χ2n) is 5.38. The topological polar surface area (TPSA) is 24.9 Å². The first kappa shape index (κ1) is 13.9. The van der Waals surface area contributed by atoms with E-state index in [1.165, 1.54) is 16.7 Å². The second-order valence-corrected chi connectivity index (χ2v) is 5.81. The Kier molecular flexibility index (Phi) is 3.80. The van der Waals surface area contributed by atoms with E-state index in [1.807, 2.05) is 24.3 Å². The van der Waals surface area contributed by atoms with Gasteiger partial charge in [0.2, 0.25) is 0 Å². The average Bonchev–Trinajstić information content (AvgIpc) is 2.43. The second kappa shape index (κ2) is 5.74. The zero-order valence-corrected chi connectivity index (χ0v) is 12.9. The highest BCUT2D eigenvalue weighted by Gasteiger charge is 2.04. The number of hydrogen-bond acceptors (Lipinski definition) is 2. The van der Waals surface area contributed by atoms with Crippen molar-refractivity contribution in [3.63, 3.8) is 0 Å². The Morgan fingerprint density at radius 2 is 1.81 bits per heavy atom. The molecule has 3 heteroatoms. The highest BCUT2D eigenvalue weighted by molar-refractivity contribution is 6.31. The fourth-order valence-electron chi connectivity index (χ4n) is 2.66.